The van der Waals surface area contributed by atoms with Crippen molar-refractivity contribution in [3.05, 3.63) is 30.0 Å². The van der Waals surface area contributed by atoms with Gasteiger partial charge in [0.2, 0.25) is 0 Å². The van der Waals surface area contributed by atoms with Crippen LogP contribution >= 0.6 is 0 Å². The molecule has 2 rings (SSSR count). The van der Waals surface area contributed by atoms with E-state index in [1.165, 1.54) is 13.2 Å². The number of fused-ring (bicyclic) bond motifs is 1. The van der Waals surface area contributed by atoms with Gasteiger partial charge in [0.05, 0.1) is 12.6 Å². The Morgan fingerprint density at radius 3 is 2.67 bits per heavy atom. The quantitative estimate of drug-likeness (QED) is 0.818. The molecular weight excluding hydrogens is 232 g/mol. The molecule has 0 aliphatic heterocycles. The molecule has 0 radical (unpaired) electrons. The smallest absolute Gasteiger partial charge is 0.356 e. The third-order valence-electron chi connectivity index (χ3n) is 2.68. The molecule has 5 nitrogen and oxygen atoms in total. The second-order valence-corrected chi connectivity index (χ2v) is 4.11. The number of esters is 1. The van der Waals surface area contributed by atoms with Crippen molar-refractivity contribution in [3.8, 4) is 5.75 Å². The van der Waals surface area contributed by atoms with E-state index >= 15 is 0 Å². The first-order valence-corrected chi connectivity index (χ1v) is 5.42. The van der Waals surface area contributed by atoms with Gasteiger partial charge in [-0.1, -0.05) is 0 Å². The van der Waals surface area contributed by atoms with E-state index in [4.69, 9.17) is 0 Å². The van der Waals surface area contributed by atoms with Crippen LogP contribution in [0.3, 0.4) is 0 Å². The van der Waals surface area contributed by atoms with E-state index in [1.807, 2.05) is 31.1 Å². The molecule has 94 valence electrons. The maximum Gasteiger partial charge on any atom is 0.356 e. The van der Waals surface area contributed by atoms with Crippen molar-refractivity contribution in [2.45, 2.75) is 0 Å². The van der Waals surface area contributed by atoms with Crippen molar-refractivity contribution in [1.82, 2.24) is 4.98 Å². The van der Waals surface area contributed by atoms with E-state index in [2.05, 4.69) is 9.72 Å². The maximum absolute atomic E-state index is 11.4. The Kier molecular flexibility index (Phi) is 3.06. The van der Waals surface area contributed by atoms with Crippen LogP contribution in [0.5, 0.6) is 5.75 Å². The minimum Gasteiger partial charge on any atom is -0.507 e. The van der Waals surface area contributed by atoms with Crippen molar-refractivity contribution >= 4 is 22.6 Å². The molecule has 2 aromatic rings. The second-order valence-electron chi connectivity index (χ2n) is 4.11. The highest BCUT2D eigenvalue weighted by Crippen LogP contribution is 2.28. The van der Waals surface area contributed by atoms with Crippen LogP contribution in [0, 0.1) is 0 Å². The lowest BCUT2D eigenvalue weighted by Crippen LogP contribution is -2.08. The van der Waals surface area contributed by atoms with Gasteiger partial charge in [0.15, 0.2) is 5.69 Å². The standard InChI is InChI=1S/C13H14N2O3/c1-15(2)8-4-5-10-9(6-8)12(16)7-11(14-10)13(17)18-3/h4-7H,1-3H3,(H,14,16). The van der Waals surface area contributed by atoms with Crippen LogP contribution in [0.4, 0.5) is 5.69 Å². The summed E-state index contributed by atoms with van der Waals surface area (Å²) in [4.78, 5) is 17.5. The van der Waals surface area contributed by atoms with Crippen molar-refractivity contribution in [2.24, 2.45) is 0 Å². The molecule has 1 N–H and O–H groups in total. The normalized spacial score (nSPS) is 10.4. The predicted octanol–water partition coefficient (Wildman–Crippen LogP) is 1.79. The zero-order valence-electron chi connectivity index (χ0n) is 10.5. The van der Waals surface area contributed by atoms with E-state index in [0.717, 1.165) is 5.69 Å². The minimum absolute atomic E-state index is 0.0177. The van der Waals surface area contributed by atoms with Crippen LogP contribution in [0.1, 0.15) is 10.5 Å². The largest absolute Gasteiger partial charge is 0.507 e. The van der Waals surface area contributed by atoms with Gasteiger partial charge in [-0.2, -0.15) is 0 Å². The summed E-state index contributed by atoms with van der Waals surface area (Å²) in [5.74, 6) is -0.548. The fourth-order valence-corrected chi connectivity index (χ4v) is 1.68. The molecule has 0 spiro atoms. The molecule has 5 heteroatoms. The number of methoxy groups -OCH3 is 1. The van der Waals surface area contributed by atoms with Crippen molar-refractivity contribution < 1.29 is 14.6 Å². The second kappa shape index (κ2) is 4.52. The molecule has 0 atom stereocenters. The minimum atomic E-state index is -0.566. The SMILES string of the molecule is COC(=O)c1cc(O)c2cc(N(C)C)ccc2n1. The van der Waals surface area contributed by atoms with Gasteiger partial charge >= 0.3 is 5.97 Å². The number of ether oxygens (including phenoxy) is 1. The van der Waals surface area contributed by atoms with Gasteiger partial charge in [0.1, 0.15) is 5.75 Å². The highest BCUT2D eigenvalue weighted by atomic mass is 16.5. The Labute approximate surface area is 105 Å². The Morgan fingerprint density at radius 1 is 1.33 bits per heavy atom. The Morgan fingerprint density at radius 2 is 2.06 bits per heavy atom. The van der Waals surface area contributed by atoms with Crippen molar-refractivity contribution in [2.75, 3.05) is 26.1 Å². The van der Waals surface area contributed by atoms with Crippen LogP contribution in [0.15, 0.2) is 24.3 Å². The number of benzene rings is 1. The Bertz CT molecular complexity index is 608. The van der Waals surface area contributed by atoms with Gasteiger partial charge < -0.3 is 14.7 Å². The number of hydrogen-bond acceptors (Lipinski definition) is 5. The number of pyridine rings is 1. The maximum atomic E-state index is 11.4. The summed E-state index contributed by atoms with van der Waals surface area (Å²) in [7, 11) is 5.10. The van der Waals surface area contributed by atoms with Crippen LogP contribution < -0.4 is 4.90 Å². The molecular formula is C13H14N2O3. The Balaban J connectivity index is 2.62. The average Bonchev–Trinajstić information content (AvgIpc) is 2.37. The molecule has 1 aromatic heterocycles. The zero-order valence-corrected chi connectivity index (χ0v) is 10.5. The lowest BCUT2D eigenvalue weighted by atomic mass is 10.1. The lowest BCUT2D eigenvalue weighted by molar-refractivity contribution is 0.0594. The van der Waals surface area contributed by atoms with Gasteiger partial charge in [0, 0.05) is 31.2 Å². The molecule has 0 bridgehead atoms. The third-order valence-corrected chi connectivity index (χ3v) is 2.68. The summed E-state index contributed by atoms with van der Waals surface area (Å²) >= 11 is 0. The number of hydrogen-bond donors (Lipinski definition) is 1. The summed E-state index contributed by atoms with van der Waals surface area (Å²) in [5, 5.41) is 10.5. The molecule has 0 unspecified atom stereocenters. The number of rotatable bonds is 2. The lowest BCUT2D eigenvalue weighted by Gasteiger charge is -2.13. The molecule has 1 aromatic carbocycles. The summed E-state index contributed by atoms with van der Waals surface area (Å²) in [6.45, 7) is 0. The number of anilines is 1. The van der Waals surface area contributed by atoms with E-state index in [0.29, 0.717) is 10.9 Å². The van der Waals surface area contributed by atoms with Gasteiger partial charge in [-0.25, -0.2) is 9.78 Å². The van der Waals surface area contributed by atoms with Crippen LogP contribution in [-0.2, 0) is 4.74 Å². The van der Waals surface area contributed by atoms with Crippen molar-refractivity contribution in [3.63, 3.8) is 0 Å². The summed E-state index contributed by atoms with van der Waals surface area (Å²) in [6.07, 6.45) is 0. The van der Waals surface area contributed by atoms with E-state index in [9.17, 15) is 9.90 Å². The van der Waals surface area contributed by atoms with Crippen LogP contribution in [0.2, 0.25) is 0 Å². The highest BCUT2D eigenvalue weighted by Gasteiger charge is 2.12. The molecule has 18 heavy (non-hydrogen) atoms. The highest BCUT2D eigenvalue weighted by molar-refractivity contribution is 5.95. The number of carbonyl (C=O) groups excluding carboxylic acids is 1. The number of carbonyl (C=O) groups is 1. The number of aromatic nitrogens is 1. The van der Waals surface area contributed by atoms with E-state index in [-0.39, 0.29) is 11.4 Å². The summed E-state index contributed by atoms with van der Waals surface area (Å²) in [5.41, 5.74) is 1.60. The molecule has 0 amide bonds. The van der Waals surface area contributed by atoms with Crippen LogP contribution in [-0.4, -0.2) is 37.3 Å². The summed E-state index contributed by atoms with van der Waals surface area (Å²) < 4.78 is 4.58. The first-order valence-electron chi connectivity index (χ1n) is 5.42. The number of aromatic hydroxyl groups is 1. The van der Waals surface area contributed by atoms with Gasteiger partial charge in [-0.05, 0) is 18.2 Å². The first kappa shape index (κ1) is 12.2. The van der Waals surface area contributed by atoms with Gasteiger partial charge in [-0.15, -0.1) is 0 Å². The zero-order chi connectivity index (χ0) is 13.3. The summed E-state index contributed by atoms with van der Waals surface area (Å²) in [6, 6.07) is 6.76. The first-order chi connectivity index (χ1) is 8.52. The molecule has 1 heterocycles. The predicted molar refractivity (Wildman–Crippen MR) is 69.1 cm³/mol. The van der Waals surface area contributed by atoms with Gasteiger partial charge in [-0.3, -0.25) is 0 Å². The fourth-order valence-electron chi connectivity index (χ4n) is 1.68. The molecule has 0 saturated heterocycles. The average molecular weight is 246 g/mol. The molecule has 0 aliphatic carbocycles. The molecule has 0 aliphatic rings. The van der Waals surface area contributed by atoms with Gasteiger partial charge in [0.25, 0.3) is 0 Å². The number of nitrogens with zero attached hydrogens (tertiary/aromatic N) is 2. The topological polar surface area (TPSA) is 62.7 Å². The van der Waals surface area contributed by atoms with Crippen LogP contribution in [0.25, 0.3) is 10.9 Å². The fraction of sp³-hybridized carbons (Fsp3) is 0.231. The molecule has 0 fully saturated rings. The van der Waals surface area contributed by atoms with E-state index < -0.39 is 5.97 Å². The monoisotopic (exact) mass is 246 g/mol. The van der Waals surface area contributed by atoms with E-state index in [1.54, 1.807) is 6.07 Å². The third kappa shape index (κ3) is 2.07. The Hall–Kier alpha value is -2.30. The molecule has 0 saturated carbocycles. The van der Waals surface area contributed by atoms with Crippen molar-refractivity contribution in [1.29, 1.82) is 0 Å².